The third-order valence-corrected chi connectivity index (χ3v) is 3.57. The molecule has 0 radical (unpaired) electrons. The second-order valence-electron chi connectivity index (χ2n) is 5.39. The van der Waals surface area contributed by atoms with Crippen molar-refractivity contribution in [2.45, 2.75) is 33.7 Å². The van der Waals surface area contributed by atoms with E-state index in [2.05, 4.69) is 31.0 Å². The molecule has 0 aliphatic heterocycles. The van der Waals surface area contributed by atoms with E-state index in [1.165, 1.54) is 5.56 Å². The average Bonchev–Trinajstić information content (AvgIpc) is 2.37. The molecule has 2 N–H and O–H groups in total. The van der Waals surface area contributed by atoms with Crippen LogP contribution in [0.3, 0.4) is 0 Å². The van der Waals surface area contributed by atoms with Gasteiger partial charge in [0, 0.05) is 11.8 Å². The van der Waals surface area contributed by atoms with Crippen LogP contribution in [0.15, 0.2) is 24.4 Å². The maximum atomic E-state index is 6.45. The van der Waals surface area contributed by atoms with Gasteiger partial charge in [0.2, 0.25) is 0 Å². The van der Waals surface area contributed by atoms with Crippen LogP contribution in [0.2, 0.25) is 0 Å². The molecule has 0 spiro atoms. The molecule has 1 aromatic carbocycles. The van der Waals surface area contributed by atoms with Gasteiger partial charge >= 0.3 is 0 Å². The maximum Gasteiger partial charge on any atom is 0.124 e. The molecule has 106 valence electrons. The minimum Gasteiger partial charge on any atom is -0.496 e. The Morgan fingerprint density at radius 3 is 2.25 bits per heavy atom. The summed E-state index contributed by atoms with van der Waals surface area (Å²) in [5.74, 6) is 0.830. The molecule has 1 unspecified atom stereocenters. The summed E-state index contributed by atoms with van der Waals surface area (Å²) in [6.45, 7) is 8.20. The van der Waals surface area contributed by atoms with Crippen LogP contribution >= 0.6 is 0 Å². The molecule has 0 aliphatic rings. The van der Waals surface area contributed by atoms with E-state index in [9.17, 15) is 0 Å². The van der Waals surface area contributed by atoms with Crippen LogP contribution in [0.5, 0.6) is 5.75 Å². The lowest BCUT2D eigenvalue weighted by Gasteiger charge is -2.20. The van der Waals surface area contributed by atoms with Gasteiger partial charge in [-0.2, -0.15) is 0 Å². The van der Waals surface area contributed by atoms with Crippen LogP contribution in [0.4, 0.5) is 0 Å². The second kappa shape index (κ2) is 5.63. The van der Waals surface area contributed by atoms with E-state index in [0.717, 1.165) is 33.7 Å². The molecule has 20 heavy (non-hydrogen) atoms. The molecule has 0 fully saturated rings. The van der Waals surface area contributed by atoms with Crippen molar-refractivity contribution < 1.29 is 4.74 Å². The van der Waals surface area contributed by atoms with E-state index in [0.29, 0.717) is 0 Å². The molecule has 3 nitrogen and oxygen atoms in total. The van der Waals surface area contributed by atoms with Crippen LogP contribution in [0.25, 0.3) is 0 Å². The number of ether oxygens (including phenoxy) is 1. The summed E-state index contributed by atoms with van der Waals surface area (Å²) in [6, 6.07) is 5.98. The largest absolute Gasteiger partial charge is 0.496 e. The van der Waals surface area contributed by atoms with Gasteiger partial charge in [0.25, 0.3) is 0 Å². The number of pyridine rings is 1. The summed E-state index contributed by atoms with van der Waals surface area (Å²) in [6.07, 6.45) is 1.86. The van der Waals surface area contributed by atoms with E-state index in [-0.39, 0.29) is 6.04 Å². The quantitative estimate of drug-likeness (QED) is 0.930. The van der Waals surface area contributed by atoms with Crippen molar-refractivity contribution in [3.8, 4) is 5.75 Å². The first-order valence-electron chi connectivity index (χ1n) is 6.78. The first kappa shape index (κ1) is 14.5. The van der Waals surface area contributed by atoms with Crippen molar-refractivity contribution in [3.05, 3.63) is 57.9 Å². The summed E-state index contributed by atoms with van der Waals surface area (Å²) in [4.78, 5) is 4.51. The van der Waals surface area contributed by atoms with Gasteiger partial charge in [-0.3, -0.25) is 4.98 Å². The second-order valence-corrected chi connectivity index (χ2v) is 5.39. The summed E-state index contributed by atoms with van der Waals surface area (Å²) in [5.41, 5.74) is 12.9. The lowest BCUT2D eigenvalue weighted by atomic mass is 9.94. The molecule has 1 heterocycles. The van der Waals surface area contributed by atoms with E-state index < -0.39 is 0 Å². The molecule has 2 rings (SSSR count). The number of aromatic nitrogens is 1. The Labute approximate surface area is 120 Å². The standard InChI is InChI=1S/C17H22N2O/c1-10-6-12(3)15(14(8-10)20-5)16(18)17-13(4)7-11(2)9-19-17/h6-9,16H,18H2,1-5H3. The number of hydrogen-bond acceptors (Lipinski definition) is 3. The van der Waals surface area contributed by atoms with Crippen LogP contribution < -0.4 is 10.5 Å². The average molecular weight is 270 g/mol. The smallest absolute Gasteiger partial charge is 0.124 e. The van der Waals surface area contributed by atoms with E-state index in [1.54, 1.807) is 7.11 Å². The highest BCUT2D eigenvalue weighted by molar-refractivity contribution is 5.48. The van der Waals surface area contributed by atoms with E-state index in [4.69, 9.17) is 10.5 Å². The lowest BCUT2D eigenvalue weighted by Crippen LogP contribution is -2.17. The number of nitrogens with zero attached hydrogens (tertiary/aromatic N) is 1. The molecular weight excluding hydrogens is 248 g/mol. The Morgan fingerprint density at radius 1 is 1.00 bits per heavy atom. The summed E-state index contributed by atoms with van der Waals surface area (Å²) >= 11 is 0. The summed E-state index contributed by atoms with van der Waals surface area (Å²) in [5, 5.41) is 0. The number of methoxy groups -OCH3 is 1. The van der Waals surface area contributed by atoms with E-state index in [1.807, 2.05) is 26.1 Å². The zero-order chi connectivity index (χ0) is 14.9. The summed E-state index contributed by atoms with van der Waals surface area (Å²) < 4.78 is 5.51. The topological polar surface area (TPSA) is 48.1 Å². The Bertz CT molecular complexity index is 635. The van der Waals surface area contributed by atoms with Gasteiger partial charge in [-0.1, -0.05) is 12.1 Å². The zero-order valence-electron chi connectivity index (χ0n) is 12.8. The first-order valence-corrected chi connectivity index (χ1v) is 6.78. The predicted molar refractivity (Wildman–Crippen MR) is 82.2 cm³/mol. The van der Waals surface area contributed by atoms with Gasteiger partial charge in [-0.15, -0.1) is 0 Å². The number of hydrogen-bond donors (Lipinski definition) is 1. The first-order chi connectivity index (χ1) is 9.43. The Balaban J connectivity index is 2.55. The SMILES string of the molecule is COc1cc(C)cc(C)c1C(N)c1ncc(C)cc1C. The third kappa shape index (κ3) is 2.68. The molecule has 1 aromatic heterocycles. The van der Waals surface area contributed by atoms with Gasteiger partial charge < -0.3 is 10.5 Å². The summed E-state index contributed by atoms with van der Waals surface area (Å²) in [7, 11) is 1.68. The van der Waals surface area contributed by atoms with Crippen molar-refractivity contribution in [3.63, 3.8) is 0 Å². The van der Waals surface area contributed by atoms with Crippen LogP contribution in [-0.4, -0.2) is 12.1 Å². The molecule has 0 saturated carbocycles. The van der Waals surface area contributed by atoms with Crippen molar-refractivity contribution in [1.29, 1.82) is 0 Å². The van der Waals surface area contributed by atoms with Crippen LogP contribution in [0.1, 0.15) is 39.6 Å². The number of rotatable bonds is 3. The van der Waals surface area contributed by atoms with Crippen molar-refractivity contribution in [1.82, 2.24) is 4.98 Å². The highest BCUT2D eigenvalue weighted by Crippen LogP contribution is 2.32. The fourth-order valence-corrected chi connectivity index (χ4v) is 2.70. The lowest BCUT2D eigenvalue weighted by molar-refractivity contribution is 0.406. The molecule has 3 heteroatoms. The highest BCUT2D eigenvalue weighted by atomic mass is 16.5. The molecule has 0 amide bonds. The Hall–Kier alpha value is -1.87. The maximum absolute atomic E-state index is 6.45. The van der Waals surface area contributed by atoms with Gasteiger partial charge in [-0.25, -0.2) is 0 Å². The molecule has 0 aliphatic carbocycles. The third-order valence-electron chi connectivity index (χ3n) is 3.57. The van der Waals surface area contributed by atoms with Gasteiger partial charge in [0.1, 0.15) is 5.75 Å². The van der Waals surface area contributed by atoms with E-state index >= 15 is 0 Å². The normalized spacial score (nSPS) is 12.3. The molecule has 2 aromatic rings. The van der Waals surface area contributed by atoms with Crippen LogP contribution in [0, 0.1) is 27.7 Å². The number of benzene rings is 1. The fourth-order valence-electron chi connectivity index (χ4n) is 2.70. The fraction of sp³-hybridized carbons (Fsp3) is 0.353. The predicted octanol–water partition coefficient (Wildman–Crippen LogP) is 3.37. The Kier molecular flexibility index (Phi) is 4.09. The van der Waals surface area contributed by atoms with Gasteiger partial charge in [0.15, 0.2) is 0 Å². The monoisotopic (exact) mass is 270 g/mol. The highest BCUT2D eigenvalue weighted by Gasteiger charge is 2.20. The molecule has 0 saturated heterocycles. The molecule has 1 atom stereocenters. The molecular formula is C17H22N2O. The number of nitrogens with two attached hydrogens (primary N) is 1. The zero-order valence-corrected chi connectivity index (χ0v) is 12.8. The molecule has 0 bridgehead atoms. The Morgan fingerprint density at radius 2 is 1.65 bits per heavy atom. The van der Waals surface area contributed by atoms with Gasteiger partial charge in [-0.05, 0) is 56.0 Å². The number of aryl methyl sites for hydroxylation is 4. The van der Waals surface area contributed by atoms with Crippen molar-refractivity contribution in [2.24, 2.45) is 5.73 Å². The minimum absolute atomic E-state index is 0.272. The van der Waals surface area contributed by atoms with Crippen molar-refractivity contribution in [2.75, 3.05) is 7.11 Å². The van der Waals surface area contributed by atoms with Crippen molar-refractivity contribution >= 4 is 0 Å². The van der Waals surface area contributed by atoms with Crippen LogP contribution in [-0.2, 0) is 0 Å². The minimum atomic E-state index is -0.272. The van der Waals surface area contributed by atoms with Gasteiger partial charge in [0.05, 0.1) is 18.8 Å².